The van der Waals surface area contributed by atoms with Crippen molar-refractivity contribution in [2.75, 3.05) is 0 Å². The molecule has 0 spiro atoms. The molecule has 9 heteroatoms. The van der Waals surface area contributed by atoms with E-state index in [0.29, 0.717) is 4.24 Å². The van der Waals surface area contributed by atoms with Crippen molar-refractivity contribution in [3.63, 3.8) is 0 Å². The van der Waals surface area contributed by atoms with Gasteiger partial charge in [-0.2, -0.15) is 0 Å². The van der Waals surface area contributed by atoms with Crippen LogP contribution in [0.3, 0.4) is 0 Å². The summed E-state index contributed by atoms with van der Waals surface area (Å²) in [5.74, 6) is -1.36. The summed E-state index contributed by atoms with van der Waals surface area (Å²) in [6.07, 6.45) is 7.70. The van der Waals surface area contributed by atoms with Crippen LogP contribution in [0.1, 0.15) is 20.3 Å². The van der Waals surface area contributed by atoms with Crippen LogP contribution in [0.25, 0.3) is 0 Å². The molecule has 3 aliphatic heterocycles. The Morgan fingerprint density at radius 1 is 1.67 bits per heavy atom. The third kappa shape index (κ3) is 2.56. The van der Waals surface area contributed by atoms with Gasteiger partial charge < -0.3 is 14.6 Å². The summed E-state index contributed by atoms with van der Waals surface area (Å²) in [7, 11) is -1.62. The molecule has 3 heterocycles. The highest BCUT2D eigenvalue weighted by atomic mass is 32.2. The van der Waals surface area contributed by atoms with Crippen LogP contribution in [0, 0.1) is 17.9 Å². The van der Waals surface area contributed by atoms with Gasteiger partial charge in [-0.05, 0) is 32.4 Å². The molecule has 0 aliphatic carbocycles. The lowest BCUT2D eigenvalue weighted by atomic mass is 9.75. The number of β-lactam (4-membered cyclic amide) rings is 1. The molecule has 130 valence electrons. The van der Waals surface area contributed by atoms with E-state index in [1.165, 1.54) is 28.4 Å². The van der Waals surface area contributed by atoms with Crippen LogP contribution in [-0.4, -0.2) is 52.4 Å². The zero-order valence-corrected chi connectivity index (χ0v) is 16.2. The van der Waals surface area contributed by atoms with Crippen LogP contribution >= 0.6 is 23.5 Å². The quantitative estimate of drug-likeness (QED) is 0.420. The third-order valence-electron chi connectivity index (χ3n) is 5.00. The Morgan fingerprint density at radius 3 is 2.92 bits per heavy atom. The highest BCUT2D eigenvalue weighted by Gasteiger charge is 2.67. The smallest absolute Gasteiger partial charge is 0.354 e. The lowest BCUT2D eigenvalue weighted by Gasteiger charge is -2.52. The molecule has 0 bridgehead atoms. The van der Waals surface area contributed by atoms with E-state index < -0.39 is 26.5 Å². The molecule has 3 aliphatic rings. The molecule has 0 aromatic rings. The van der Waals surface area contributed by atoms with Crippen molar-refractivity contribution in [3.05, 3.63) is 9.93 Å². The predicted octanol–water partition coefficient (Wildman–Crippen LogP) is 1.38. The van der Waals surface area contributed by atoms with Gasteiger partial charge in [0.2, 0.25) is 5.91 Å². The van der Waals surface area contributed by atoms with Gasteiger partial charge in [0.25, 0.3) is 0 Å². The first-order valence-corrected chi connectivity index (χ1v) is 11.7. The number of rotatable bonds is 5. The number of carboxylic acids is 1. The number of aliphatic carboxylic acids is 1. The molecule has 2 fully saturated rings. The topological polar surface area (TPSA) is 87.1 Å². The monoisotopic (exact) mass is 385 g/mol. The zero-order chi connectivity index (χ0) is 17.6. The number of hydrogen-bond acceptors (Lipinski definition) is 6. The molecule has 0 radical (unpaired) electrons. The number of hydrogen-bond donors (Lipinski definition) is 2. The van der Waals surface area contributed by atoms with E-state index in [2.05, 4.69) is 6.11 Å². The summed E-state index contributed by atoms with van der Waals surface area (Å²) < 4.78 is 5.83. The van der Waals surface area contributed by atoms with E-state index in [1.807, 2.05) is 0 Å². The first-order valence-electron chi connectivity index (χ1n) is 7.74. The van der Waals surface area contributed by atoms with Crippen LogP contribution in [-0.2, 0) is 14.3 Å². The molecule has 1 amide bonds. The summed E-state index contributed by atoms with van der Waals surface area (Å²) in [5, 5.41) is 9.50. The SMILES string of the molecule is C#CO[C@H](C)[C@@]1(C)C(=O)N2C(C(=O)O)=C(S[C@H]3CC[SiH](O)C3)S[C@@H]21. The van der Waals surface area contributed by atoms with Gasteiger partial charge in [-0.1, -0.05) is 18.2 Å². The molecule has 2 saturated heterocycles. The molecule has 0 saturated carbocycles. The number of terminal acetylenes is 1. The minimum atomic E-state index is -1.62. The highest BCUT2D eigenvalue weighted by Crippen LogP contribution is 2.60. The number of carboxylic acid groups (broad SMARTS) is 1. The van der Waals surface area contributed by atoms with Gasteiger partial charge in [-0.25, -0.2) is 4.79 Å². The van der Waals surface area contributed by atoms with Gasteiger partial charge in [-0.3, -0.25) is 9.69 Å². The molecule has 6 nitrogen and oxygen atoms in total. The summed E-state index contributed by atoms with van der Waals surface area (Å²) in [4.78, 5) is 35.5. The van der Waals surface area contributed by atoms with Crippen molar-refractivity contribution in [2.24, 2.45) is 5.41 Å². The van der Waals surface area contributed by atoms with Crippen LogP contribution in [0.15, 0.2) is 9.93 Å². The van der Waals surface area contributed by atoms with Crippen molar-refractivity contribution in [2.45, 2.75) is 49.1 Å². The second-order valence-electron chi connectivity index (χ2n) is 6.45. The summed E-state index contributed by atoms with van der Waals surface area (Å²) in [6.45, 7) is 3.50. The van der Waals surface area contributed by atoms with Gasteiger partial charge in [0.15, 0.2) is 14.7 Å². The van der Waals surface area contributed by atoms with Gasteiger partial charge in [0, 0.05) is 5.25 Å². The van der Waals surface area contributed by atoms with Crippen molar-refractivity contribution in [1.82, 2.24) is 4.90 Å². The van der Waals surface area contributed by atoms with E-state index in [0.717, 1.165) is 18.5 Å². The highest BCUT2D eigenvalue weighted by molar-refractivity contribution is 8.23. The van der Waals surface area contributed by atoms with Crippen LogP contribution in [0.4, 0.5) is 0 Å². The molecule has 0 aromatic carbocycles. The predicted molar refractivity (Wildman–Crippen MR) is 95.4 cm³/mol. The molecule has 5 atom stereocenters. The lowest BCUT2D eigenvalue weighted by Crippen LogP contribution is -2.68. The minimum Gasteiger partial charge on any atom is -0.477 e. The van der Waals surface area contributed by atoms with Crippen molar-refractivity contribution in [3.8, 4) is 12.5 Å². The second-order valence-corrected chi connectivity index (χ2v) is 11.5. The summed E-state index contributed by atoms with van der Waals surface area (Å²) in [5.41, 5.74) is -0.780. The van der Waals surface area contributed by atoms with Crippen molar-refractivity contribution in [1.29, 1.82) is 0 Å². The van der Waals surface area contributed by atoms with Crippen LogP contribution in [0.2, 0.25) is 12.1 Å². The van der Waals surface area contributed by atoms with Crippen LogP contribution < -0.4 is 0 Å². The Bertz CT molecular complexity index is 663. The Kier molecular flexibility index (Phi) is 4.68. The van der Waals surface area contributed by atoms with E-state index in [-0.39, 0.29) is 22.2 Å². The first kappa shape index (κ1) is 17.7. The fourth-order valence-corrected chi connectivity index (χ4v) is 9.63. The second kappa shape index (κ2) is 6.33. The molecule has 2 N–H and O–H groups in total. The Morgan fingerprint density at radius 2 is 2.38 bits per heavy atom. The summed E-state index contributed by atoms with van der Waals surface area (Å²) in [6, 6.07) is 1.66. The number of fused-ring (bicyclic) bond motifs is 1. The van der Waals surface area contributed by atoms with E-state index in [1.54, 1.807) is 13.8 Å². The van der Waals surface area contributed by atoms with Gasteiger partial charge in [0.1, 0.15) is 23.0 Å². The Balaban J connectivity index is 1.83. The normalized spacial score (nSPS) is 36.2. The fraction of sp³-hybridized carbons (Fsp3) is 0.600. The first-order chi connectivity index (χ1) is 11.3. The summed E-state index contributed by atoms with van der Waals surface area (Å²) >= 11 is 2.89. The van der Waals surface area contributed by atoms with Gasteiger partial charge in [-0.15, -0.1) is 11.8 Å². The van der Waals surface area contributed by atoms with Gasteiger partial charge >= 0.3 is 5.97 Å². The standard InChI is InChI=1S/C15H19NO5S2Si/c1-4-21-8(2)15(3)13(19)16-10(11(17)18)12(23-14(15)16)22-9-5-6-24(20)7-9/h1,8-9,14,20,24H,5-7H2,2-3H3,(H,17,18)/t8-,9+,14-,15+,24?/m1/s1. The largest absolute Gasteiger partial charge is 0.477 e. The van der Waals surface area contributed by atoms with Crippen molar-refractivity contribution < 1.29 is 24.2 Å². The minimum absolute atomic E-state index is 0.0634. The van der Waals surface area contributed by atoms with E-state index in [4.69, 9.17) is 11.2 Å². The van der Waals surface area contributed by atoms with Crippen LogP contribution in [0.5, 0.6) is 0 Å². The number of thioether (sulfide) groups is 2. The molecule has 24 heavy (non-hydrogen) atoms. The molecule has 0 aromatic heterocycles. The average Bonchev–Trinajstić information content (AvgIpc) is 3.09. The van der Waals surface area contributed by atoms with Crippen molar-refractivity contribution >= 4 is 44.4 Å². The Labute approximate surface area is 150 Å². The Hall–Kier alpha value is -1.08. The number of nitrogens with zero attached hydrogens (tertiary/aromatic N) is 1. The van der Waals surface area contributed by atoms with E-state index >= 15 is 0 Å². The number of carbonyl (C=O) groups is 2. The fourth-order valence-electron chi connectivity index (χ4n) is 3.37. The average molecular weight is 386 g/mol. The maximum Gasteiger partial charge on any atom is 0.354 e. The number of amides is 1. The molecular formula is C15H19NO5S2Si. The molecular weight excluding hydrogens is 366 g/mol. The maximum atomic E-state index is 12.7. The molecule has 3 rings (SSSR count). The van der Waals surface area contributed by atoms with Gasteiger partial charge in [0.05, 0.1) is 4.24 Å². The lowest BCUT2D eigenvalue weighted by molar-refractivity contribution is -0.170. The maximum absolute atomic E-state index is 12.7. The third-order valence-corrected chi connectivity index (χ3v) is 10.5. The number of carbonyl (C=O) groups excluding carboxylic acids is 1. The molecule has 1 unspecified atom stereocenters. The van der Waals surface area contributed by atoms with E-state index in [9.17, 15) is 19.5 Å². The number of ether oxygens (including phenoxy) is 1. The zero-order valence-electron chi connectivity index (χ0n) is 13.4.